The summed E-state index contributed by atoms with van der Waals surface area (Å²) < 4.78 is 13.0. The maximum absolute atomic E-state index is 13.0. The van der Waals surface area contributed by atoms with Gasteiger partial charge in [-0.2, -0.15) is 5.10 Å². The summed E-state index contributed by atoms with van der Waals surface area (Å²) in [5.41, 5.74) is 0.911. The van der Waals surface area contributed by atoms with Gasteiger partial charge in [0.2, 0.25) is 5.91 Å². The zero-order chi connectivity index (χ0) is 17.6. The Kier molecular flexibility index (Phi) is 5.78. The predicted octanol–water partition coefficient (Wildman–Crippen LogP) is 3.95. The Balaban J connectivity index is 1.74. The maximum Gasteiger partial charge on any atom is 0.242 e. The molecule has 4 nitrogen and oxygen atoms in total. The summed E-state index contributed by atoms with van der Waals surface area (Å²) >= 11 is 2.95. The molecule has 128 valence electrons. The molecule has 1 amide bonds. The summed E-state index contributed by atoms with van der Waals surface area (Å²) in [5, 5.41) is 10.5. The standard InChI is InChI=1S/C18H16FN3OS2/c1-2-9-22-17(23)16(11-13-5-7-14(19)8-6-13)25-18(22)21-20-12-15-4-3-10-24-15/h2-8,10,12,16H,1,9,11H2/b20-12-,21-18+/t16-/m1/s1. The molecule has 1 atom stereocenters. The highest BCUT2D eigenvalue weighted by atomic mass is 32.2. The second-order valence-corrected chi connectivity index (χ2v) is 7.47. The molecule has 25 heavy (non-hydrogen) atoms. The summed E-state index contributed by atoms with van der Waals surface area (Å²) in [4.78, 5) is 15.2. The zero-order valence-corrected chi connectivity index (χ0v) is 15.0. The average molecular weight is 373 g/mol. The normalized spacial score (nSPS) is 19.2. The van der Waals surface area contributed by atoms with Crippen LogP contribution in [0.5, 0.6) is 0 Å². The van der Waals surface area contributed by atoms with Gasteiger partial charge in [-0.1, -0.05) is 36.0 Å². The molecule has 0 N–H and O–H groups in total. The van der Waals surface area contributed by atoms with Crippen molar-refractivity contribution in [2.45, 2.75) is 11.7 Å². The lowest BCUT2D eigenvalue weighted by Gasteiger charge is -2.12. The lowest BCUT2D eigenvalue weighted by molar-refractivity contribution is -0.125. The van der Waals surface area contributed by atoms with Gasteiger partial charge in [0.05, 0.1) is 11.5 Å². The number of carbonyl (C=O) groups is 1. The van der Waals surface area contributed by atoms with E-state index in [9.17, 15) is 9.18 Å². The molecular weight excluding hydrogens is 357 g/mol. The third kappa shape index (κ3) is 4.43. The lowest BCUT2D eigenvalue weighted by atomic mass is 10.1. The topological polar surface area (TPSA) is 45.0 Å². The van der Waals surface area contributed by atoms with Crippen molar-refractivity contribution in [1.29, 1.82) is 0 Å². The van der Waals surface area contributed by atoms with Gasteiger partial charge in [-0.25, -0.2) is 4.39 Å². The minimum atomic E-state index is -0.291. The van der Waals surface area contributed by atoms with Gasteiger partial charge in [0.1, 0.15) is 5.82 Å². The van der Waals surface area contributed by atoms with E-state index in [1.807, 2.05) is 17.5 Å². The first-order chi connectivity index (χ1) is 12.2. The van der Waals surface area contributed by atoms with Crippen LogP contribution in [0, 0.1) is 5.82 Å². The molecule has 0 saturated carbocycles. The minimum absolute atomic E-state index is 0.0284. The second-order valence-electron chi connectivity index (χ2n) is 5.32. The van der Waals surface area contributed by atoms with E-state index < -0.39 is 0 Å². The van der Waals surface area contributed by atoms with Gasteiger partial charge in [0.25, 0.3) is 0 Å². The molecule has 1 aromatic carbocycles. The molecule has 0 radical (unpaired) electrons. The highest BCUT2D eigenvalue weighted by molar-refractivity contribution is 8.15. The van der Waals surface area contributed by atoms with Gasteiger partial charge < -0.3 is 0 Å². The first kappa shape index (κ1) is 17.6. The fraction of sp³-hybridized carbons (Fsp3) is 0.167. The SMILES string of the molecule is C=CCN1C(=O)[C@@H](Cc2ccc(F)cc2)S/C1=N/N=C\c1cccs1. The van der Waals surface area contributed by atoms with Crippen LogP contribution < -0.4 is 0 Å². The van der Waals surface area contributed by atoms with Gasteiger partial charge in [-0.3, -0.25) is 9.69 Å². The number of amidine groups is 1. The Morgan fingerprint density at radius 3 is 2.76 bits per heavy atom. The number of nitrogens with zero attached hydrogens (tertiary/aromatic N) is 3. The molecule has 2 heterocycles. The molecule has 3 rings (SSSR count). The smallest absolute Gasteiger partial charge is 0.242 e. The minimum Gasteiger partial charge on any atom is -0.285 e. The fourth-order valence-electron chi connectivity index (χ4n) is 2.35. The van der Waals surface area contributed by atoms with Crippen LogP contribution in [0.4, 0.5) is 4.39 Å². The van der Waals surface area contributed by atoms with E-state index in [4.69, 9.17) is 0 Å². The number of halogens is 1. The van der Waals surface area contributed by atoms with Crippen molar-refractivity contribution in [3.05, 3.63) is 70.7 Å². The van der Waals surface area contributed by atoms with Gasteiger partial charge >= 0.3 is 0 Å². The molecule has 0 unspecified atom stereocenters. The van der Waals surface area contributed by atoms with Crippen LogP contribution in [0.15, 0.2) is 64.6 Å². The third-order valence-electron chi connectivity index (χ3n) is 3.54. The van der Waals surface area contributed by atoms with E-state index in [-0.39, 0.29) is 17.0 Å². The number of thioether (sulfide) groups is 1. The van der Waals surface area contributed by atoms with Crippen molar-refractivity contribution in [2.24, 2.45) is 10.2 Å². The summed E-state index contributed by atoms with van der Waals surface area (Å²) in [7, 11) is 0. The van der Waals surface area contributed by atoms with Crippen molar-refractivity contribution >= 4 is 40.4 Å². The molecule has 1 fully saturated rings. The van der Waals surface area contributed by atoms with Gasteiger partial charge in [-0.15, -0.1) is 23.0 Å². The first-order valence-corrected chi connectivity index (χ1v) is 9.41. The molecule has 1 saturated heterocycles. The zero-order valence-electron chi connectivity index (χ0n) is 13.3. The molecule has 2 aromatic rings. The summed E-state index contributed by atoms with van der Waals surface area (Å²) in [6, 6.07) is 10.1. The van der Waals surface area contributed by atoms with Crippen LogP contribution in [0.2, 0.25) is 0 Å². The van der Waals surface area contributed by atoms with E-state index in [0.29, 0.717) is 18.1 Å². The van der Waals surface area contributed by atoms with Crippen LogP contribution in [0.3, 0.4) is 0 Å². The van der Waals surface area contributed by atoms with E-state index in [0.717, 1.165) is 10.4 Å². The Morgan fingerprint density at radius 1 is 1.28 bits per heavy atom. The quantitative estimate of drug-likeness (QED) is 0.437. The monoisotopic (exact) mass is 373 g/mol. The highest BCUT2D eigenvalue weighted by Gasteiger charge is 2.37. The van der Waals surface area contributed by atoms with E-state index in [1.165, 1.54) is 23.9 Å². The Labute approximate surface area is 153 Å². The number of amides is 1. The molecule has 0 aliphatic carbocycles. The lowest BCUT2D eigenvalue weighted by Crippen LogP contribution is -2.32. The van der Waals surface area contributed by atoms with Crippen LogP contribution in [-0.2, 0) is 11.2 Å². The van der Waals surface area contributed by atoms with Gasteiger partial charge in [0.15, 0.2) is 5.17 Å². The largest absolute Gasteiger partial charge is 0.285 e. The Bertz CT molecular complexity index is 800. The number of carbonyl (C=O) groups excluding carboxylic acids is 1. The van der Waals surface area contributed by atoms with Crippen molar-refractivity contribution < 1.29 is 9.18 Å². The summed E-state index contributed by atoms with van der Waals surface area (Å²) in [6.45, 7) is 4.08. The molecule has 1 aliphatic heterocycles. The van der Waals surface area contributed by atoms with Gasteiger partial charge in [0, 0.05) is 11.4 Å². The number of hydrogen-bond acceptors (Lipinski definition) is 5. The maximum atomic E-state index is 13.0. The van der Waals surface area contributed by atoms with Crippen molar-refractivity contribution in [3.8, 4) is 0 Å². The van der Waals surface area contributed by atoms with Crippen LogP contribution >= 0.6 is 23.1 Å². The predicted molar refractivity (Wildman–Crippen MR) is 103 cm³/mol. The third-order valence-corrected chi connectivity index (χ3v) is 5.51. The van der Waals surface area contributed by atoms with Gasteiger partial charge in [-0.05, 0) is 35.6 Å². The van der Waals surface area contributed by atoms with E-state index in [1.54, 1.807) is 40.7 Å². The average Bonchev–Trinajstić information content (AvgIpc) is 3.21. The Hall–Kier alpha value is -2.25. The highest BCUT2D eigenvalue weighted by Crippen LogP contribution is 2.30. The number of hydrogen-bond donors (Lipinski definition) is 0. The van der Waals surface area contributed by atoms with Crippen LogP contribution in [-0.4, -0.2) is 34.0 Å². The first-order valence-electron chi connectivity index (χ1n) is 7.65. The van der Waals surface area contributed by atoms with Crippen molar-refractivity contribution in [1.82, 2.24) is 4.90 Å². The number of thiophene rings is 1. The Morgan fingerprint density at radius 2 is 2.08 bits per heavy atom. The molecule has 0 spiro atoms. The van der Waals surface area contributed by atoms with Crippen LogP contribution in [0.25, 0.3) is 0 Å². The number of benzene rings is 1. The van der Waals surface area contributed by atoms with Crippen molar-refractivity contribution in [3.63, 3.8) is 0 Å². The number of rotatable bonds is 6. The van der Waals surface area contributed by atoms with E-state index >= 15 is 0 Å². The molecule has 1 aromatic heterocycles. The molecule has 0 bridgehead atoms. The molecule has 1 aliphatic rings. The summed E-state index contributed by atoms with van der Waals surface area (Å²) in [5.74, 6) is -0.313. The molecular formula is C18H16FN3OS2. The van der Waals surface area contributed by atoms with Crippen LogP contribution in [0.1, 0.15) is 10.4 Å². The molecule has 7 heteroatoms. The fourth-order valence-corrected chi connectivity index (χ4v) is 4.07. The van der Waals surface area contributed by atoms with Crippen molar-refractivity contribution in [2.75, 3.05) is 6.54 Å². The van der Waals surface area contributed by atoms with E-state index in [2.05, 4.69) is 16.8 Å². The summed E-state index contributed by atoms with van der Waals surface area (Å²) in [6.07, 6.45) is 3.85. The second kappa shape index (κ2) is 8.22.